The molecule has 4 heteroatoms. The summed E-state index contributed by atoms with van der Waals surface area (Å²) in [6.07, 6.45) is 1.35. The first-order chi connectivity index (χ1) is 6.44. The number of rotatable bonds is 1. The van der Waals surface area contributed by atoms with Gasteiger partial charge in [-0.05, 0) is 22.0 Å². The maximum atomic E-state index is 8.71. The van der Waals surface area contributed by atoms with Crippen molar-refractivity contribution in [3.05, 3.63) is 22.4 Å². The van der Waals surface area contributed by atoms with E-state index >= 15 is 0 Å². The van der Waals surface area contributed by atoms with Gasteiger partial charge in [0, 0.05) is 6.20 Å². The standard InChI is InChI=1S/C7H5BrN2O/c1-11-6-2-3-10-7(8)5(6)4-9/h2-3H,1H3/i1D3. The van der Waals surface area contributed by atoms with Crippen LogP contribution < -0.4 is 4.74 Å². The fourth-order valence-electron chi connectivity index (χ4n) is 0.606. The Morgan fingerprint density at radius 3 is 3.36 bits per heavy atom. The third kappa shape index (κ3) is 1.49. The lowest BCUT2D eigenvalue weighted by atomic mass is 10.3. The maximum absolute atomic E-state index is 8.71. The minimum atomic E-state index is -2.56. The fraction of sp³-hybridized carbons (Fsp3) is 0.143. The smallest absolute Gasteiger partial charge is 0.140 e. The van der Waals surface area contributed by atoms with Crippen molar-refractivity contribution < 1.29 is 8.85 Å². The van der Waals surface area contributed by atoms with Crippen molar-refractivity contribution in [3.8, 4) is 11.8 Å². The maximum Gasteiger partial charge on any atom is 0.140 e. The Bertz CT molecular complexity index is 386. The molecule has 0 spiro atoms. The van der Waals surface area contributed by atoms with Gasteiger partial charge in [-0.25, -0.2) is 4.98 Å². The molecule has 0 N–H and O–H groups in total. The van der Waals surface area contributed by atoms with Crippen molar-refractivity contribution in [3.63, 3.8) is 0 Å². The molecule has 1 rings (SSSR count). The SMILES string of the molecule is [2H]C([2H])([2H])Oc1ccnc(Br)c1C#N. The molecule has 0 radical (unpaired) electrons. The predicted molar refractivity (Wildman–Crippen MR) is 43.2 cm³/mol. The van der Waals surface area contributed by atoms with Crippen molar-refractivity contribution in [2.75, 3.05) is 7.04 Å². The van der Waals surface area contributed by atoms with E-state index in [-0.39, 0.29) is 15.9 Å². The van der Waals surface area contributed by atoms with Gasteiger partial charge in [0.2, 0.25) is 0 Å². The van der Waals surface area contributed by atoms with Gasteiger partial charge >= 0.3 is 0 Å². The summed E-state index contributed by atoms with van der Waals surface area (Å²) in [7, 11) is -2.56. The Labute approximate surface area is 77.0 Å². The summed E-state index contributed by atoms with van der Waals surface area (Å²) in [6.45, 7) is 0. The Kier molecular flexibility index (Phi) is 1.44. The van der Waals surface area contributed by atoms with Gasteiger partial charge in [-0.3, -0.25) is 0 Å². The number of hydrogen-bond acceptors (Lipinski definition) is 3. The van der Waals surface area contributed by atoms with Crippen LogP contribution >= 0.6 is 15.9 Å². The van der Waals surface area contributed by atoms with E-state index in [1.54, 1.807) is 6.07 Å². The first-order valence-electron chi connectivity index (χ1n) is 4.17. The van der Waals surface area contributed by atoms with Crippen LogP contribution in [0.4, 0.5) is 0 Å². The van der Waals surface area contributed by atoms with Crippen molar-refractivity contribution >= 4 is 15.9 Å². The zero-order valence-electron chi connectivity index (χ0n) is 8.34. The zero-order chi connectivity index (χ0) is 10.8. The number of methoxy groups -OCH3 is 1. The summed E-state index contributed by atoms with van der Waals surface area (Å²) >= 11 is 3.02. The van der Waals surface area contributed by atoms with Crippen LogP contribution in [-0.4, -0.2) is 12.0 Å². The van der Waals surface area contributed by atoms with Crippen LogP contribution in [0.2, 0.25) is 0 Å². The Morgan fingerprint density at radius 1 is 1.91 bits per heavy atom. The van der Waals surface area contributed by atoms with Gasteiger partial charge in [0.05, 0.1) is 11.2 Å². The van der Waals surface area contributed by atoms with Gasteiger partial charge in [-0.15, -0.1) is 0 Å². The lowest BCUT2D eigenvalue weighted by molar-refractivity contribution is 0.412. The number of hydrogen-bond donors (Lipinski definition) is 0. The molecule has 11 heavy (non-hydrogen) atoms. The highest BCUT2D eigenvalue weighted by molar-refractivity contribution is 9.10. The molecule has 1 heterocycles. The van der Waals surface area contributed by atoms with Gasteiger partial charge < -0.3 is 4.74 Å². The highest BCUT2D eigenvalue weighted by Crippen LogP contribution is 2.22. The van der Waals surface area contributed by atoms with E-state index in [1.807, 2.05) is 0 Å². The lowest BCUT2D eigenvalue weighted by Crippen LogP contribution is -1.90. The largest absolute Gasteiger partial charge is 0.495 e. The van der Waals surface area contributed by atoms with Crippen LogP contribution in [0.3, 0.4) is 0 Å². The third-order valence-electron chi connectivity index (χ3n) is 1.09. The summed E-state index contributed by atoms with van der Waals surface area (Å²) < 4.78 is 25.5. The summed E-state index contributed by atoms with van der Waals surface area (Å²) in [5.74, 6) is -0.00521. The molecule has 1 aromatic heterocycles. The highest BCUT2D eigenvalue weighted by atomic mass is 79.9. The van der Waals surface area contributed by atoms with E-state index in [1.165, 1.54) is 12.3 Å². The van der Waals surface area contributed by atoms with Crippen LogP contribution in [0, 0.1) is 11.3 Å². The molecule has 0 amide bonds. The second-order valence-electron chi connectivity index (χ2n) is 1.69. The number of ether oxygens (including phenoxy) is 1. The number of aromatic nitrogens is 1. The van der Waals surface area contributed by atoms with Crippen molar-refractivity contribution in [2.24, 2.45) is 0 Å². The van der Waals surface area contributed by atoms with Crippen molar-refractivity contribution in [1.29, 1.82) is 5.26 Å². The molecule has 1 aromatic rings. The zero-order valence-corrected chi connectivity index (χ0v) is 6.92. The molecule has 0 aliphatic rings. The minimum Gasteiger partial charge on any atom is -0.495 e. The molecule has 0 unspecified atom stereocenters. The summed E-state index contributed by atoms with van der Waals surface area (Å²) in [5, 5.41) is 8.71. The van der Waals surface area contributed by atoms with Crippen LogP contribution in [0.5, 0.6) is 5.75 Å². The first kappa shape index (κ1) is 4.73. The van der Waals surface area contributed by atoms with Crippen LogP contribution in [0.15, 0.2) is 16.9 Å². The molecule has 0 saturated heterocycles. The average molecular weight is 216 g/mol. The average Bonchev–Trinajstić information content (AvgIpc) is 2.01. The lowest BCUT2D eigenvalue weighted by Gasteiger charge is -2.01. The molecule has 0 aromatic carbocycles. The summed E-state index contributed by atoms with van der Waals surface area (Å²) in [4.78, 5) is 3.77. The van der Waals surface area contributed by atoms with E-state index in [0.29, 0.717) is 0 Å². The number of halogens is 1. The molecule has 0 fully saturated rings. The van der Waals surface area contributed by atoms with Crippen molar-refractivity contribution in [1.82, 2.24) is 4.98 Å². The van der Waals surface area contributed by atoms with Crippen molar-refractivity contribution in [2.45, 2.75) is 0 Å². The normalized spacial score (nSPS) is 14.0. The van der Waals surface area contributed by atoms with Crippen LogP contribution in [0.1, 0.15) is 9.68 Å². The third-order valence-corrected chi connectivity index (χ3v) is 1.69. The topological polar surface area (TPSA) is 45.9 Å². The molecule has 0 bridgehead atoms. The number of pyridine rings is 1. The van der Waals surface area contributed by atoms with Gasteiger partial charge in [0.1, 0.15) is 22.0 Å². The van der Waals surface area contributed by atoms with E-state index in [9.17, 15) is 0 Å². The molecule has 0 saturated carbocycles. The number of nitrogens with zero attached hydrogens (tertiary/aromatic N) is 2. The first-order valence-corrected chi connectivity index (χ1v) is 3.47. The van der Waals surface area contributed by atoms with E-state index < -0.39 is 7.04 Å². The highest BCUT2D eigenvalue weighted by Gasteiger charge is 2.05. The van der Waals surface area contributed by atoms with Crippen LogP contribution in [-0.2, 0) is 0 Å². The second-order valence-corrected chi connectivity index (χ2v) is 2.44. The molecular weight excluding hydrogens is 208 g/mol. The van der Waals surface area contributed by atoms with E-state index in [2.05, 4.69) is 25.7 Å². The molecule has 0 aliphatic carbocycles. The molecule has 0 atom stereocenters. The Morgan fingerprint density at radius 2 is 2.73 bits per heavy atom. The molecule has 0 aliphatic heterocycles. The van der Waals surface area contributed by atoms with Crippen LogP contribution in [0.25, 0.3) is 0 Å². The number of nitriles is 1. The van der Waals surface area contributed by atoms with E-state index in [4.69, 9.17) is 9.37 Å². The Hall–Kier alpha value is -1.08. The molecule has 56 valence electrons. The van der Waals surface area contributed by atoms with Gasteiger partial charge in [0.25, 0.3) is 0 Å². The predicted octanol–water partition coefficient (Wildman–Crippen LogP) is 1.72. The minimum absolute atomic E-state index is 0.00521. The Balaban J connectivity index is 3.10. The van der Waals surface area contributed by atoms with Gasteiger partial charge in [-0.2, -0.15) is 5.26 Å². The van der Waals surface area contributed by atoms with Gasteiger partial charge in [0.15, 0.2) is 0 Å². The quantitative estimate of drug-likeness (QED) is 0.671. The second kappa shape index (κ2) is 3.35. The van der Waals surface area contributed by atoms with Gasteiger partial charge in [-0.1, -0.05) is 0 Å². The summed E-state index contributed by atoms with van der Waals surface area (Å²) in [6, 6.07) is 3.13. The summed E-state index contributed by atoms with van der Waals surface area (Å²) in [5.41, 5.74) is 0.0728. The monoisotopic (exact) mass is 215 g/mol. The molecule has 3 nitrogen and oxygen atoms in total. The molecular formula is C7H5BrN2O. The fourth-order valence-corrected chi connectivity index (χ4v) is 1.01. The van der Waals surface area contributed by atoms with E-state index in [0.717, 1.165) is 0 Å².